The van der Waals surface area contributed by atoms with E-state index in [9.17, 15) is 18.0 Å². The molecule has 1 aromatic carbocycles. The van der Waals surface area contributed by atoms with Crippen LogP contribution in [0.4, 0.5) is 13.2 Å². The average Bonchev–Trinajstić information content (AvgIpc) is 2.34. The summed E-state index contributed by atoms with van der Waals surface area (Å²) in [6, 6.07) is 6.46. The van der Waals surface area contributed by atoms with Crippen molar-refractivity contribution in [3.8, 4) is 11.8 Å². The number of carbonyl (C=O) groups excluding carboxylic acids is 1. The van der Waals surface area contributed by atoms with Crippen molar-refractivity contribution in [2.75, 3.05) is 0 Å². The Bertz CT molecular complexity index is 474. The maximum Gasteiger partial charge on any atom is 0.573 e. The molecule has 1 atom stereocenters. The number of nitrogens with zero attached hydrogens (tertiary/aromatic N) is 1. The van der Waals surface area contributed by atoms with E-state index in [0.717, 1.165) is 12.1 Å². The van der Waals surface area contributed by atoms with Gasteiger partial charge in [0.05, 0.1) is 6.07 Å². The van der Waals surface area contributed by atoms with Crippen molar-refractivity contribution in [1.29, 1.82) is 5.26 Å². The van der Waals surface area contributed by atoms with Crippen LogP contribution in [0.25, 0.3) is 0 Å². The summed E-state index contributed by atoms with van der Waals surface area (Å²) in [5.74, 6) is -1.55. The summed E-state index contributed by atoms with van der Waals surface area (Å²) in [6.07, 6.45) is -3.65. The summed E-state index contributed by atoms with van der Waals surface area (Å²) in [6.45, 7) is 1.85. The second-order valence-corrected chi connectivity index (χ2v) is 3.91. The van der Waals surface area contributed by atoms with Crippen molar-refractivity contribution in [2.24, 2.45) is 5.92 Å². The fraction of sp³-hybridized carbons (Fsp3) is 0.385. The molecule has 3 nitrogen and oxygen atoms in total. The number of nitriles is 1. The molecule has 0 aliphatic rings. The van der Waals surface area contributed by atoms with Gasteiger partial charge in [-0.05, 0) is 30.7 Å². The van der Waals surface area contributed by atoms with E-state index in [0.29, 0.717) is 12.8 Å². The Morgan fingerprint density at radius 2 is 1.95 bits per heavy atom. The summed E-state index contributed by atoms with van der Waals surface area (Å²) in [4.78, 5) is 11.9. The lowest BCUT2D eigenvalue weighted by atomic mass is 9.95. The van der Waals surface area contributed by atoms with Crippen LogP contribution < -0.4 is 4.74 Å². The molecule has 0 bridgehead atoms. The van der Waals surface area contributed by atoms with Gasteiger partial charge < -0.3 is 4.74 Å². The predicted octanol–water partition coefficient (Wildman–Crippen LogP) is 3.71. The van der Waals surface area contributed by atoms with Crippen LogP contribution in [0.5, 0.6) is 5.75 Å². The van der Waals surface area contributed by atoms with Gasteiger partial charge in [0.1, 0.15) is 11.7 Å². The van der Waals surface area contributed by atoms with Gasteiger partial charge >= 0.3 is 6.36 Å². The fourth-order valence-corrected chi connectivity index (χ4v) is 1.57. The molecule has 0 aliphatic heterocycles. The molecule has 102 valence electrons. The van der Waals surface area contributed by atoms with Crippen LogP contribution in [-0.2, 0) is 0 Å². The number of hydrogen-bond donors (Lipinski definition) is 0. The molecule has 0 saturated heterocycles. The Morgan fingerprint density at radius 3 is 2.37 bits per heavy atom. The van der Waals surface area contributed by atoms with E-state index in [1.165, 1.54) is 12.1 Å². The first-order valence-corrected chi connectivity index (χ1v) is 5.67. The molecule has 1 aromatic rings. The van der Waals surface area contributed by atoms with Gasteiger partial charge in [-0.15, -0.1) is 13.2 Å². The van der Waals surface area contributed by atoms with Gasteiger partial charge in [-0.2, -0.15) is 5.26 Å². The number of Topliss-reactive ketones (excluding diaryl/α,β-unsaturated/α-hetero) is 1. The molecule has 0 saturated carbocycles. The van der Waals surface area contributed by atoms with Gasteiger partial charge in [0, 0.05) is 5.56 Å². The molecular formula is C13H12F3NO2. The van der Waals surface area contributed by atoms with Crippen LogP contribution in [-0.4, -0.2) is 12.1 Å². The van der Waals surface area contributed by atoms with Crippen LogP contribution in [0.1, 0.15) is 30.1 Å². The SMILES string of the molecule is CCCC(C#N)C(=O)c1ccc(OC(F)(F)F)cc1. The third-order valence-corrected chi connectivity index (χ3v) is 2.42. The minimum absolute atomic E-state index is 0.203. The van der Waals surface area contributed by atoms with Crippen molar-refractivity contribution in [2.45, 2.75) is 26.1 Å². The summed E-state index contributed by atoms with van der Waals surface area (Å²) in [5.41, 5.74) is 0.203. The Labute approximate surface area is 108 Å². The zero-order chi connectivity index (χ0) is 14.5. The minimum atomic E-state index is -4.76. The molecule has 0 aromatic heterocycles. The lowest BCUT2D eigenvalue weighted by Gasteiger charge is -2.10. The Hall–Kier alpha value is -2.03. The van der Waals surface area contributed by atoms with Gasteiger partial charge in [-0.1, -0.05) is 13.3 Å². The Kier molecular flexibility index (Phi) is 4.93. The van der Waals surface area contributed by atoms with E-state index in [1.807, 2.05) is 13.0 Å². The standard InChI is InChI=1S/C13H12F3NO2/c1-2-3-10(8-17)12(18)9-4-6-11(7-5-9)19-13(14,15)16/h4-7,10H,2-3H2,1H3. The maximum absolute atomic E-state index is 12.0. The molecule has 1 rings (SSSR count). The van der Waals surface area contributed by atoms with Crippen LogP contribution in [0.3, 0.4) is 0 Å². The van der Waals surface area contributed by atoms with E-state index in [2.05, 4.69) is 4.74 Å². The normalized spacial score (nSPS) is 12.6. The number of ether oxygens (including phenoxy) is 1. The van der Waals surface area contributed by atoms with E-state index in [1.54, 1.807) is 0 Å². The van der Waals surface area contributed by atoms with Crippen LogP contribution >= 0.6 is 0 Å². The van der Waals surface area contributed by atoms with Crippen molar-refractivity contribution in [1.82, 2.24) is 0 Å². The monoisotopic (exact) mass is 271 g/mol. The van der Waals surface area contributed by atoms with Crippen LogP contribution in [0, 0.1) is 17.2 Å². The topological polar surface area (TPSA) is 50.1 Å². The second-order valence-electron chi connectivity index (χ2n) is 3.91. The average molecular weight is 271 g/mol. The number of carbonyl (C=O) groups is 1. The lowest BCUT2D eigenvalue weighted by Crippen LogP contribution is -2.17. The van der Waals surface area contributed by atoms with E-state index in [4.69, 9.17) is 5.26 Å². The first-order valence-electron chi connectivity index (χ1n) is 5.67. The molecule has 0 fully saturated rings. The van der Waals surface area contributed by atoms with Gasteiger partial charge in [-0.25, -0.2) is 0 Å². The second kappa shape index (κ2) is 6.23. The molecule has 6 heteroatoms. The van der Waals surface area contributed by atoms with Crippen molar-refractivity contribution in [3.05, 3.63) is 29.8 Å². The molecular weight excluding hydrogens is 259 g/mol. The number of hydrogen-bond acceptors (Lipinski definition) is 3. The largest absolute Gasteiger partial charge is 0.573 e. The van der Waals surface area contributed by atoms with Crippen LogP contribution in [0.15, 0.2) is 24.3 Å². The number of alkyl halides is 3. The van der Waals surface area contributed by atoms with Crippen molar-refractivity contribution < 1.29 is 22.7 Å². The quantitative estimate of drug-likeness (QED) is 0.767. The van der Waals surface area contributed by atoms with Gasteiger partial charge in [-0.3, -0.25) is 4.79 Å². The highest BCUT2D eigenvalue weighted by molar-refractivity contribution is 5.99. The highest BCUT2D eigenvalue weighted by atomic mass is 19.4. The summed E-state index contributed by atoms with van der Waals surface area (Å²) >= 11 is 0. The van der Waals surface area contributed by atoms with Gasteiger partial charge in [0.25, 0.3) is 0 Å². The molecule has 19 heavy (non-hydrogen) atoms. The maximum atomic E-state index is 12.0. The third kappa shape index (κ3) is 4.62. The fourth-order valence-electron chi connectivity index (χ4n) is 1.57. The van der Waals surface area contributed by atoms with E-state index >= 15 is 0 Å². The number of benzene rings is 1. The van der Waals surface area contributed by atoms with Gasteiger partial charge in [0.15, 0.2) is 5.78 Å². The number of rotatable bonds is 5. The third-order valence-electron chi connectivity index (χ3n) is 2.42. The van der Waals surface area contributed by atoms with Crippen LogP contribution in [0.2, 0.25) is 0 Å². The van der Waals surface area contributed by atoms with Crippen molar-refractivity contribution in [3.63, 3.8) is 0 Å². The molecule has 0 radical (unpaired) electrons. The lowest BCUT2D eigenvalue weighted by molar-refractivity contribution is -0.274. The van der Waals surface area contributed by atoms with E-state index < -0.39 is 18.0 Å². The predicted molar refractivity (Wildman–Crippen MR) is 61.5 cm³/mol. The van der Waals surface area contributed by atoms with Crippen molar-refractivity contribution >= 4 is 5.78 Å². The highest BCUT2D eigenvalue weighted by Gasteiger charge is 2.31. The first-order chi connectivity index (χ1) is 8.87. The van der Waals surface area contributed by atoms with E-state index in [-0.39, 0.29) is 11.3 Å². The zero-order valence-electron chi connectivity index (χ0n) is 10.2. The Morgan fingerprint density at radius 1 is 1.37 bits per heavy atom. The molecule has 0 aliphatic carbocycles. The first kappa shape index (κ1) is 15.0. The molecule has 1 unspecified atom stereocenters. The smallest absolute Gasteiger partial charge is 0.406 e. The summed E-state index contributed by atoms with van der Waals surface area (Å²) in [7, 11) is 0. The Balaban J connectivity index is 2.81. The zero-order valence-corrected chi connectivity index (χ0v) is 10.2. The number of halogens is 3. The summed E-state index contributed by atoms with van der Waals surface area (Å²) < 4.78 is 39.5. The molecule has 0 N–H and O–H groups in total. The minimum Gasteiger partial charge on any atom is -0.406 e. The molecule has 0 amide bonds. The molecule has 0 spiro atoms. The molecule has 0 heterocycles. The number of ketones is 1. The highest BCUT2D eigenvalue weighted by Crippen LogP contribution is 2.23. The van der Waals surface area contributed by atoms with Gasteiger partial charge in [0.2, 0.25) is 0 Å². The summed E-state index contributed by atoms with van der Waals surface area (Å²) in [5, 5.41) is 8.85.